The summed E-state index contributed by atoms with van der Waals surface area (Å²) in [6, 6.07) is 0. The zero-order valence-electron chi connectivity index (χ0n) is 7.93. The van der Waals surface area contributed by atoms with E-state index in [2.05, 4.69) is 9.94 Å². The van der Waals surface area contributed by atoms with Gasteiger partial charge in [0.05, 0.1) is 0 Å². The minimum atomic E-state index is -4.52. The van der Waals surface area contributed by atoms with Crippen molar-refractivity contribution in [2.75, 3.05) is 6.61 Å². The number of amides is 2. The van der Waals surface area contributed by atoms with Gasteiger partial charge in [0.25, 0.3) is 5.91 Å². The highest BCUT2D eigenvalue weighted by Crippen LogP contribution is 2.13. The highest BCUT2D eigenvalue weighted by molar-refractivity contribution is 6.39. The fraction of sp³-hybridized carbons (Fsp3) is 0.571. The van der Waals surface area contributed by atoms with Crippen LogP contribution in [-0.2, 0) is 14.4 Å². The van der Waals surface area contributed by atoms with Crippen LogP contribution in [-0.4, -0.2) is 30.3 Å². The highest BCUT2D eigenvalue weighted by Gasteiger charge is 2.28. The largest absolute Gasteiger partial charge is 0.414 e. The van der Waals surface area contributed by atoms with E-state index in [4.69, 9.17) is 0 Å². The van der Waals surface area contributed by atoms with Crippen molar-refractivity contribution < 1.29 is 27.6 Å². The number of alkyl halides is 3. The molecule has 0 unspecified atom stereocenters. The first-order chi connectivity index (χ1) is 7.38. The molecule has 2 N–H and O–H groups in total. The van der Waals surface area contributed by atoms with Crippen molar-refractivity contribution in [1.29, 1.82) is 0 Å². The van der Waals surface area contributed by atoms with E-state index < -0.39 is 18.7 Å². The summed E-state index contributed by atoms with van der Waals surface area (Å²) in [6.07, 6.45) is -4.39. The van der Waals surface area contributed by atoms with Crippen LogP contribution in [0, 0.1) is 0 Å². The lowest BCUT2D eigenvalue weighted by Gasteiger charge is -2.12. The number of rotatable bonds is 3. The number of carbonyl (C=O) groups excluding carboxylic acids is 2. The Morgan fingerprint density at radius 1 is 1.50 bits per heavy atom. The van der Waals surface area contributed by atoms with Crippen LogP contribution in [0.3, 0.4) is 0 Å². The van der Waals surface area contributed by atoms with E-state index >= 15 is 0 Å². The summed E-state index contributed by atoms with van der Waals surface area (Å²) in [4.78, 5) is 25.7. The summed E-state index contributed by atoms with van der Waals surface area (Å²) in [5.41, 5.74) is 3.53. The van der Waals surface area contributed by atoms with E-state index in [0.717, 1.165) is 0 Å². The topological polar surface area (TPSA) is 79.8 Å². The molecule has 1 aliphatic heterocycles. The lowest BCUT2D eigenvalue weighted by molar-refractivity contribution is -0.190. The van der Waals surface area contributed by atoms with E-state index in [1.807, 2.05) is 5.43 Å². The third kappa shape index (κ3) is 4.26. The van der Waals surface area contributed by atoms with Crippen LogP contribution < -0.4 is 10.9 Å². The van der Waals surface area contributed by atoms with Gasteiger partial charge in [-0.2, -0.15) is 18.3 Å². The SMILES string of the molecule is O=C1CCC(C(=O)NOCC(F)(F)F)=NN1. The lowest BCUT2D eigenvalue weighted by atomic mass is 10.2. The number of hydrogen-bond acceptors (Lipinski definition) is 4. The number of halogens is 3. The van der Waals surface area contributed by atoms with Crippen molar-refractivity contribution in [3.8, 4) is 0 Å². The molecule has 9 heteroatoms. The average Bonchev–Trinajstić information content (AvgIpc) is 2.16. The van der Waals surface area contributed by atoms with Crippen molar-refractivity contribution in [2.24, 2.45) is 5.10 Å². The van der Waals surface area contributed by atoms with Crippen molar-refractivity contribution in [1.82, 2.24) is 10.9 Å². The standard InChI is InChI=1S/C7H8F3N3O3/c8-7(9,10)3-16-13-6(15)4-1-2-5(14)12-11-4/h1-3H2,(H,12,14)(H,13,15). The molecule has 0 aromatic carbocycles. The minimum Gasteiger partial charge on any atom is -0.273 e. The molecule has 0 bridgehead atoms. The third-order valence-electron chi connectivity index (χ3n) is 1.57. The fourth-order valence-electron chi connectivity index (χ4n) is 0.880. The molecule has 0 aliphatic carbocycles. The first kappa shape index (κ1) is 12.4. The molecule has 1 aliphatic rings. The van der Waals surface area contributed by atoms with Crippen LogP contribution >= 0.6 is 0 Å². The number of hydrogen-bond donors (Lipinski definition) is 2. The highest BCUT2D eigenvalue weighted by atomic mass is 19.4. The maximum absolute atomic E-state index is 11.6. The molecule has 0 aromatic heterocycles. The molecule has 2 amide bonds. The Morgan fingerprint density at radius 3 is 2.69 bits per heavy atom. The first-order valence-electron chi connectivity index (χ1n) is 4.23. The quantitative estimate of drug-likeness (QED) is 0.673. The summed E-state index contributed by atoms with van der Waals surface area (Å²) in [7, 11) is 0. The normalized spacial score (nSPS) is 16.4. The Morgan fingerprint density at radius 2 is 2.19 bits per heavy atom. The number of carbonyl (C=O) groups is 2. The molecule has 16 heavy (non-hydrogen) atoms. The summed E-state index contributed by atoms with van der Waals surface area (Å²) in [5.74, 6) is -1.25. The van der Waals surface area contributed by atoms with E-state index in [1.54, 1.807) is 5.48 Å². The molecule has 6 nitrogen and oxygen atoms in total. The Hall–Kier alpha value is -1.64. The van der Waals surface area contributed by atoms with Gasteiger partial charge in [-0.15, -0.1) is 0 Å². The van der Waals surface area contributed by atoms with Crippen LogP contribution in [0.5, 0.6) is 0 Å². The van der Waals surface area contributed by atoms with Gasteiger partial charge in [0.2, 0.25) is 5.91 Å². The molecular formula is C7H8F3N3O3. The predicted molar refractivity (Wildman–Crippen MR) is 45.0 cm³/mol. The monoisotopic (exact) mass is 239 g/mol. The molecule has 90 valence electrons. The molecule has 0 saturated heterocycles. The maximum atomic E-state index is 11.6. The minimum absolute atomic E-state index is 0.0610. The molecule has 0 fully saturated rings. The molecular weight excluding hydrogens is 231 g/mol. The molecule has 0 radical (unpaired) electrons. The van der Waals surface area contributed by atoms with Gasteiger partial charge in [-0.05, 0) is 0 Å². The third-order valence-corrected chi connectivity index (χ3v) is 1.57. The number of nitrogens with one attached hydrogen (secondary N) is 2. The molecule has 1 rings (SSSR count). The maximum Gasteiger partial charge on any atom is 0.414 e. The first-order valence-corrected chi connectivity index (χ1v) is 4.23. The van der Waals surface area contributed by atoms with Crippen LogP contribution in [0.25, 0.3) is 0 Å². The molecule has 0 aromatic rings. The van der Waals surface area contributed by atoms with Crippen LogP contribution in [0.4, 0.5) is 13.2 Å². The molecule has 0 saturated carbocycles. The molecule has 1 heterocycles. The van der Waals surface area contributed by atoms with E-state index in [9.17, 15) is 22.8 Å². The Bertz CT molecular complexity index is 327. The van der Waals surface area contributed by atoms with E-state index in [-0.39, 0.29) is 24.5 Å². The average molecular weight is 239 g/mol. The second-order valence-electron chi connectivity index (χ2n) is 2.93. The van der Waals surface area contributed by atoms with Gasteiger partial charge >= 0.3 is 6.18 Å². The second-order valence-corrected chi connectivity index (χ2v) is 2.93. The Balaban J connectivity index is 2.33. The summed E-state index contributed by atoms with van der Waals surface area (Å²) in [5, 5.41) is 3.37. The fourth-order valence-corrected chi connectivity index (χ4v) is 0.880. The van der Waals surface area contributed by atoms with Gasteiger partial charge in [-0.3, -0.25) is 14.4 Å². The van der Waals surface area contributed by atoms with Gasteiger partial charge in [0.15, 0.2) is 6.61 Å². The van der Waals surface area contributed by atoms with E-state index in [0.29, 0.717) is 0 Å². The van der Waals surface area contributed by atoms with Gasteiger partial charge in [0, 0.05) is 12.8 Å². The zero-order valence-corrected chi connectivity index (χ0v) is 7.93. The van der Waals surface area contributed by atoms with Crippen molar-refractivity contribution in [3.63, 3.8) is 0 Å². The van der Waals surface area contributed by atoms with Crippen molar-refractivity contribution in [2.45, 2.75) is 19.0 Å². The van der Waals surface area contributed by atoms with Crippen molar-refractivity contribution >= 4 is 17.5 Å². The number of hydrazone groups is 1. The summed E-state index contributed by atoms with van der Waals surface area (Å²) in [6.45, 7) is -1.58. The zero-order chi connectivity index (χ0) is 12.2. The van der Waals surface area contributed by atoms with Gasteiger partial charge in [-0.1, -0.05) is 0 Å². The van der Waals surface area contributed by atoms with Gasteiger partial charge in [-0.25, -0.2) is 10.9 Å². The summed E-state index contributed by atoms with van der Waals surface area (Å²) >= 11 is 0. The summed E-state index contributed by atoms with van der Waals surface area (Å²) < 4.78 is 34.9. The van der Waals surface area contributed by atoms with Crippen LogP contribution in [0.1, 0.15) is 12.8 Å². The molecule has 0 spiro atoms. The lowest BCUT2D eigenvalue weighted by Crippen LogP contribution is -2.38. The number of nitrogens with zero attached hydrogens (tertiary/aromatic N) is 1. The Labute approximate surface area is 87.8 Å². The van der Waals surface area contributed by atoms with Gasteiger partial charge < -0.3 is 0 Å². The van der Waals surface area contributed by atoms with Crippen LogP contribution in [0.15, 0.2) is 5.10 Å². The van der Waals surface area contributed by atoms with Crippen LogP contribution in [0.2, 0.25) is 0 Å². The second kappa shape index (κ2) is 4.92. The van der Waals surface area contributed by atoms with Crippen molar-refractivity contribution in [3.05, 3.63) is 0 Å². The van der Waals surface area contributed by atoms with Gasteiger partial charge in [0.1, 0.15) is 5.71 Å². The predicted octanol–water partition coefficient (Wildman–Crippen LogP) is -0.138. The smallest absolute Gasteiger partial charge is 0.273 e. The van der Waals surface area contributed by atoms with E-state index in [1.165, 1.54) is 0 Å². The Kier molecular flexibility index (Phi) is 3.82. The molecule has 0 atom stereocenters. The number of hydroxylamine groups is 1.